The molecule has 2 nitrogen and oxygen atoms in total. The smallest absolute Gasteiger partial charge is 0.133 e. The molecule has 1 rings (SSSR count). The van der Waals surface area contributed by atoms with Crippen molar-refractivity contribution in [2.75, 3.05) is 20.1 Å². The van der Waals surface area contributed by atoms with Crippen LogP contribution in [0.5, 0.6) is 0 Å². The Bertz CT molecular complexity index is 141. The van der Waals surface area contributed by atoms with Gasteiger partial charge in [-0.3, -0.25) is 4.79 Å². The van der Waals surface area contributed by atoms with Gasteiger partial charge in [0.05, 0.1) is 0 Å². The highest BCUT2D eigenvalue weighted by atomic mass is 16.1. The predicted octanol–water partition coefficient (Wildman–Crippen LogP) is 0.917. The Balaban J connectivity index is 2.30. The standard InChI is InChI=1S/C8H15NO/c1-7(10)8-3-5-9(2)6-4-8/h8H,3-6H2,1-2H3/i2D. The van der Waals surface area contributed by atoms with Gasteiger partial charge in [-0.15, -0.1) is 0 Å². The highest BCUT2D eigenvalue weighted by Gasteiger charge is 2.19. The van der Waals surface area contributed by atoms with Crippen molar-refractivity contribution in [1.29, 1.82) is 0 Å². The summed E-state index contributed by atoms with van der Waals surface area (Å²) >= 11 is 0. The van der Waals surface area contributed by atoms with Crippen LogP contribution in [0.2, 0.25) is 0 Å². The highest BCUT2D eigenvalue weighted by molar-refractivity contribution is 5.78. The summed E-state index contributed by atoms with van der Waals surface area (Å²) in [6, 6.07) is 0. The molecular weight excluding hydrogens is 126 g/mol. The van der Waals surface area contributed by atoms with E-state index < -0.39 is 0 Å². The minimum absolute atomic E-state index is 0.276. The van der Waals surface area contributed by atoms with E-state index in [4.69, 9.17) is 1.37 Å². The van der Waals surface area contributed by atoms with E-state index in [0.29, 0.717) is 12.8 Å². The Labute approximate surface area is 63.6 Å². The van der Waals surface area contributed by atoms with E-state index in [9.17, 15) is 4.79 Å². The first-order chi connectivity index (χ1) is 5.24. The number of hydrogen-bond acceptors (Lipinski definition) is 2. The van der Waals surface area contributed by atoms with Crippen LogP contribution < -0.4 is 0 Å². The maximum atomic E-state index is 10.9. The summed E-state index contributed by atoms with van der Waals surface area (Å²) in [5.41, 5.74) is 0. The van der Waals surface area contributed by atoms with Crippen molar-refractivity contribution >= 4 is 5.78 Å². The molecule has 0 aromatic carbocycles. The number of carbonyl (C=O) groups excluding carboxylic acids is 1. The van der Waals surface area contributed by atoms with E-state index in [1.54, 1.807) is 6.92 Å². The van der Waals surface area contributed by atoms with E-state index in [1.807, 2.05) is 0 Å². The van der Waals surface area contributed by atoms with Crippen molar-refractivity contribution in [2.24, 2.45) is 5.92 Å². The summed E-state index contributed by atoms with van der Waals surface area (Å²) in [4.78, 5) is 13.0. The molecule has 0 aromatic heterocycles. The van der Waals surface area contributed by atoms with Crippen LogP contribution in [0.3, 0.4) is 0 Å². The lowest BCUT2D eigenvalue weighted by Gasteiger charge is -2.26. The first-order valence-corrected chi connectivity index (χ1v) is 3.76. The number of likely N-dealkylation sites (tertiary alicyclic amines) is 1. The number of nitrogens with zero attached hydrogens (tertiary/aromatic N) is 1. The molecular formula is C8H15NO. The summed E-state index contributed by atoms with van der Waals surface area (Å²) in [6.45, 7) is 3.52. The molecule has 58 valence electrons. The normalized spacial score (nSPS) is 24.3. The molecule has 0 bridgehead atoms. The van der Waals surface area contributed by atoms with Gasteiger partial charge in [0, 0.05) is 7.29 Å². The fourth-order valence-corrected chi connectivity index (χ4v) is 1.34. The fraction of sp³-hybridized carbons (Fsp3) is 0.875. The summed E-state index contributed by atoms with van der Waals surface area (Å²) in [7, 11) is 0.380. The molecule has 1 aliphatic heterocycles. The van der Waals surface area contributed by atoms with Crippen molar-refractivity contribution in [1.82, 2.24) is 4.90 Å². The first kappa shape index (κ1) is 6.35. The van der Waals surface area contributed by atoms with Gasteiger partial charge in [-0.2, -0.15) is 0 Å². The maximum absolute atomic E-state index is 10.9. The molecule has 0 N–H and O–H groups in total. The molecule has 1 aliphatic rings. The maximum Gasteiger partial charge on any atom is 0.133 e. The van der Waals surface area contributed by atoms with Gasteiger partial charge in [-0.1, -0.05) is 0 Å². The SMILES string of the molecule is [2H]CN1CCC(C(C)=O)CC1. The zero-order valence-electron chi connectivity index (χ0n) is 7.47. The Kier molecular flexibility index (Phi) is 2.00. The first-order valence-electron chi connectivity index (χ1n) is 4.47. The molecule has 1 heterocycles. The van der Waals surface area contributed by atoms with Gasteiger partial charge < -0.3 is 4.90 Å². The second kappa shape index (κ2) is 3.15. The van der Waals surface area contributed by atoms with Gasteiger partial charge >= 0.3 is 0 Å². The van der Waals surface area contributed by atoms with Crippen LogP contribution in [0.1, 0.15) is 21.1 Å². The average Bonchev–Trinajstić information content (AvgIpc) is 2.05. The van der Waals surface area contributed by atoms with Crippen LogP contribution in [0, 0.1) is 5.92 Å². The fourth-order valence-electron chi connectivity index (χ4n) is 1.34. The molecule has 0 radical (unpaired) electrons. The van der Waals surface area contributed by atoms with Crippen LogP contribution >= 0.6 is 0 Å². The van der Waals surface area contributed by atoms with Gasteiger partial charge in [0.15, 0.2) is 0 Å². The van der Waals surface area contributed by atoms with Crippen molar-refractivity contribution in [3.63, 3.8) is 0 Å². The quantitative estimate of drug-likeness (QED) is 0.542. The number of carbonyl (C=O) groups is 1. The number of ketones is 1. The van der Waals surface area contributed by atoms with Crippen LogP contribution in [0.25, 0.3) is 0 Å². The van der Waals surface area contributed by atoms with Gasteiger partial charge in [0.25, 0.3) is 0 Å². The lowest BCUT2D eigenvalue weighted by atomic mass is 9.94. The van der Waals surface area contributed by atoms with Crippen molar-refractivity contribution in [3.8, 4) is 0 Å². The van der Waals surface area contributed by atoms with Crippen LogP contribution in [-0.2, 0) is 4.79 Å². The topological polar surface area (TPSA) is 20.3 Å². The van der Waals surface area contributed by atoms with Gasteiger partial charge in [-0.25, -0.2) is 0 Å². The van der Waals surface area contributed by atoms with Crippen molar-refractivity contribution in [2.45, 2.75) is 19.8 Å². The van der Waals surface area contributed by atoms with E-state index >= 15 is 0 Å². The Morgan fingerprint density at radius 2 is 2.20 bits per heavy atom. The van der Waals surface area contributed by atoms with Gasteiger partial charge in [0.1, 0.15) is 5.78 Å². The molecule has 0 aromatic rings. The minimum atomic E-state index is 0.276. The van der Waals surface area contributed by atoms with Crippen molar-refractivity contribution in [3.05, 3.63) is 0 Å². The number of rotatable bonds is 1. The second-order valence-electron chi connectivity index (χ2n) is 3.00. The zero-order chi connectivity index (χ0) is 8.27. The molecule has 0 amide bonds. The minimum Gasteiger partial charge on any atom is -0.306 e. The second-order valence-corrected chi connectivity index (χ2v) is 3.00. The van der Waals surface area contributed by atoms with E-state index in [-0.39, 0.29) is 5.92 Å². The number of Topliss-reactive ketones (excluding diaryl/α,β-unsaturated/α-hetero) is 1. The molecule has 0 unspecified atom stereocenters. The number of piperidine rings is 1. The van der Waals surface area contributed by atoms with E-state index in [1.165, 1.54) is 0 Å². The average molecular weight is 142 g/mol. The van der Waals surface area contributed by atoms with Gasteiger partial charge in [0.2, 0.25) is 0 Å². The zero-order valence-corrected chi connectivity index (χ0v) is 6.47. The van der Waals surface area contributed by atoms with Crippen LogP contribution in [0.15, 0.2) is 0 Å². The largest absolute Gasteiger partial charge is 0.306 e. The summed E-state index contributed by atoms with van der Waals surface area (Å²) < 4.78 is 7.11. The predicted molar refractivity (Wildman–Crippen MR) is 40.9 cm³/mol. The summed E-state index contributed by atoms with van der Waals surface area (Å²) in [5, 5.41) is 0. The molecule has 10 heavy (non-hydrogen) atoms. The summed E-state index contributed by atoms with van der Waals surface area (Å²) in [5.74, 6) is 0.590. The molecule has 2 heteroatoms. The molecule has 0 atom stereocenters. The monoisotopic (exact) mass is 142 g/mol. The van der Waals surface area contributed by atoms with Crippen LogP contribution in [0.4, 0.5) is 0 Å². The molecule has 0 spiro atoms. The molecule has 1 saturated heterocycles. The molecule has 1 fully saturated rings. The van der Waals surface area contributed by atoms with Crippen molar-refractivity contribution < 1.29 is 6.17 Å². The molecule has 0 aliphatic carbocycles. The lowest BCUT2D eigenvalue weighted by molar-refractivity contribution is -0.121. The van der Waals surface area contributed by atoms with E-state index in [2.05, 4.69) is 4.90 Å². The third kappa shape index (κ3) is 1.81. The Hall–Kier alpha value is -0.370. The Morgan fingerprint density at radius 1 is 1.60 bits per heavy atom. The highest BCUT2D eigenvalue weighted by Crippen LogP contribution is 2.15. The lowest BCUT2D eigenvalue weighted by Crippen LogP contribution is -2.32. The summed E-state index contributed by atoms with van der Waals surface area (Å²) in [6.07, 6.45) is 1.91. The Morgan fingerprint density at radius 3 is 2.60 bits per heavy atom. The third-order valence-electron chi connectivity index (χ3n) is 2.16. The third-order valence-corrected chi connectivity index (χ3v) is 2.16. The van der Waals surface area contributed by atoms with E-state index in [0.717, 1.165) is 25.9 Å². The molecule has 0 saturated carbocycles. The number of hydrogen-bond donors (Lipinski definition) is 0. The van der Waals surface area contributed by atoms with Crippen LogP contribution in [-0.4, -0.2) is 30.8 Å². The van der Waals surface area contributed by atoms with Gasteiger partial charge in [-0.05, 0) is 39.9 Å².